The zero-order chi connectivity index (χ0) is 19.8. The number of hydrogen-bond acceptors (Lipinski definition) is 4. The van der Waals surface area contributed by atoms with Gasteiger partial charge in [0.25, 0.3) is 0 Å². The van der Waals surface area contributed by atoms with Crippen molar-refractivity contribution in [3.63, 3.8) is 0 Å². The molecule has 0 bridgehead atoms. The molecule has 1 heterocycles. The molecule has 0 aromatic heterocycles. The summed E-state index contributed by atoms with van der Waals surface area (Å²) >= 11 is 0. The molecule has 0 amide bonds. The van der Waals surface area contributed by atoms with E-state index in [0.29, 0.717) is 0 Å². The van der Waals surface area contributed by atoms with Gasteiger partial charge in [0.05, 0.1) is 0 Å². The van der Waals surface area contributed by atoms with Crippen LogP contribution in [0, 0.1) is 33.5 Å². The van der Waals surface area contributed by atoms with Crippen molar-refractivity contribution < 1.29 is 19.6 Å². The van der Waals surface area contributed by atoms with Gasteiger partial charge >= 0.3 is 0 Å². The minimum atomic E-state index is -0.891. The lowest BCUT2D eigenvalue weighted by Crippen LogP contribution is -2.70. The predicted octanol–water partition coefficient (Wildman–Crippen LogP) is 6.25. The van der Waals surface area contributed by atoms with Crippen molar-refractivity contribution in [2.75, 3.05) is 0 Å². The van der Waals surface area contributed by atoms with Crippen molar-refractivity contribution in [3.8, 4) is 0 Å². The van der Waals surface area contributed by atoms with Gasteiger partial charge in [0.1, 0.15) is 0 Å². The van der Waals surface area contributed by atoms with E-state index in [1.807, 2.05) is 0 Å². The van der Waals surface area contributed by atoms with Gasteiger partial charge in [0, 0.05) is 22.7 Å². The molecule has 1 aliphatic heterocycles. The molecule has 0 radical (unpaired) electrons. The maximum atomic E-state index is 6.32. The highest BCUT2D eigenvalue weighted by Gasteiger charge is 2.70. The largest absolute Gasteiger partial charge is 0.242 e. The molecule has 4 nitrogen and oxygen atoms in total. The highest BCUT2D eigenvalue weighted by Crippen LogP contribution is 2.64. The highest BCUT2D eigenvalue weighted by molar-refractivity contribution is 5.05. The van der Waals surface area contributed by atoms with Crippen LogP contribution in [0.1, 0.15) is 94.9 Å². The fourth-order valence-corrected chi connectivity index (χ4v) is 5.27. The Labute approximate surface area is 160 Å². The van der Waals surface area contributed by atoms with Gasteiger partial charge in [-0.1, -0.05) is 69.2 Å². The summed E-state index contributed by atoms with van der Waals surface area (Å²) in [5.41, 5.74) is -0.193. The van der Waals surface area contributed by atoms with Gasteiger partial charge in [-0.05, 0) is 36.5 Å². The Kier molecular flexibility index (Phi) is 4.50. The number of hydrogen-bond donors (Lipinski definition) is 0. The summed E-state index contributed by atoms with van der Waals surface area (Å²) in [6.07, 6.45) is 4.29. The van der Waals surface area contributed by atoms with E-state index in [1.54, 1.807) is 0 Å². The van der Waals surface area contributed by atoms with Crippen LogP contribution in [-0.2, 0) is 19.6 Å². The molecule has 3 rings (SSSR count). The zero-order valence-electron chi connectivity index (χ0n) is 18.6. The second kappa shape index (κ2) is 5.68. The highest BCUT2D eigenvalue weighted by atomic mass is 17.4. The van der Waals surface area contributed by atoms with E-state index in [1.165, 1.54) is 0 Å². The van der Waals surface area contributed by atoms with E-state index in [4.69, 9.17) is 19.6 Å². The van der Waals surface area contributed by atoms with Crippen LogP contribution >= 0.6 is 0 Å². The Balaban J connectivity index is 1.96. The lowest BCUT2D eigenvalue weighted by Gasteiger charge is -2.63. The Morgan fingerprint density at radius 2 is 0.769 bits per heavy atom. The maximum Gasteiger partial charge on any atom is 0.242 e. The lowest BCUT2D eigenvalue weighted by molar-refractivity contribution is -0.704. The van der Waals surface area contributed by atoms with E-state index in [9.17, 15) is 0 Å². The van der Waals surface area contributed by atoms with Gasteiger partial charge < -0.3 is 0 Å². The smallest absolute Gasteiger partial charge is 0.194 e. The standard InChI is InChI=1S/C22H40O4/c1-15-17(3,4)11-13-19(7,8)21(15)23-25-22(26-24-21)16(2)18(5,6)12-14-20(22,9)10/h15-16H,11-14H2,1-10H3. The quantitative estimate of drug-likeness (QED) is 0.473. The molecule has 3 fully saturated rings. The summed E-state index contributed by atoms with van der Waals surface area (Å²) in [6, 6.07) is 0. The molecular formula is C22H40O4. The number of rotatable bonds is 0. The maximum absolute atomic E-state index is 6.32. The summed E-state index contributed by atoms with van der Waals surface area (Å²) in [6.45, 7) is 22.3. The molecule has 1 saturated heterocycles. The first-order valence-electron chi connectivity index (χ1n) is 10.4. The van der Waals surface area contributed by atoms with Crippen LogP contribution in [0.4, 0.5) is 0 Å². The zero-order valence-corrected chi connectivity index (χ0v) is 18.6. The van der Waals surface area contributed by atoms with E-state index >= 15 is 0 Å². The van der Waals surface area contributed by atoms with Gasteiger partial charge in [-0.2, -0.15) is 19.6 Å². The SMILES string of the molecule is CC1C(C)(C)CCC(C)(C)C12OOC1(OO2)C(C)C(C)(C)CCC1(C)C. The third kappa shape index (κ3) is 2.55. The van der Waals surface area contributed by atoms with Crippen LogP contribution in [0.2, 0.25) is 0 Å². The van der Waals surface area contributed by atoms with Crippen LogP contribution in [0.3, 0.4) is 0 Å². The molecule has 3 aliphatic rings. The second-order valence-electron chi connectivity index (χ2n) is 11.9. The molecular weight excluding hydrogens is 328 g/mol. The van der Waals surface area contributed by atoms with Crippen molar-refractivity contribution in [1.29, 1.82) is 0 Å². The van der Waals surface area contributed by atoms with Crippen molar-refractivity contribution in [2.45, 2.75) is 106 Å². The summed E-state index contributed by atoms with van der Waals surface area (Å²) in [4.78, 5) is 25.3. The lowest BCUT2D eigenvalue weighted by atomic mass is 9.56. The predicted molar refractivity (Wildman–Crippen MR) is 102 cm³/mol. The first-order chi connectivity index (χ1) is 11.6. The topological polar surface area (TPSA) is 36.9 Å². The summed E-state index contributed by atoms with van der Waals surface area (Å²) < 4.78 is 0. The fraction of sp³-hybridized carbons (Fsp3) is 1.00. The molecule has 2 spiro atoms. The van der Waals surface area contributed by atoms with Crippen LogP contribution in [-0.4, -0.2) is 11.6 Å². The van der Waals surface area contributed by atoms with Crippen molar-refractivity contribution in [1.82, 2.24) is 0 Å². The van der Waals surface area contributed by atoms with Gasteiger partial charge in [0.2, 0.25) is 11.6 Å². The molecule has 0 N–H and O–H groups in total. The minimum Gasteiger partial charge on any atom is -0.194 e. The van der Waals surface area contributed by atoms with E-state index in [-0.39, 0.29) is 33.5 Å². The molecule has 0 aromatic rings. The normalized spacial score (nSPS) is 39.0. The van der Waals surface area contributed by atoms with Gasteiger partial charge in [-0.3, -0.25) is 0 Å². The van der Waals surface area contributed by atoms with Crippen LogP contribution in [0.15, 0.2) is 0 Å². The van der Waals surface area contributed by atoms with Crippen molar-refractivity contribution >= 4 is 0 Å². The summed E-state index contributed by atoms with van der Waals surface area (Å²) in [5.74, 6) is -1.49. The molecule has 2 unspecified atom stereocenters. The van der Waals surface area contributed by atoms with Crippen molar-refractivity contribution in [2.24, 2.45) is 33.5 Å². The fourth-order valence-electron chi connectivity index (χ4n) is 5.27. The third-order valence-corrected chi connectivity index (χ3v) is 8.74. The molecule has 4 heteroatoms. The molecule has 2 saturated carbocycles. The first kappa shape index (κ1) is 20.6. The molecule has 26 heavy (non-hydrogen) atoms. The summed E-state index contributed by atoms with van der Waals surface area (Å²) in [5, 5.41) is 0. The van der Waals surface area contributed by atoms with Crippen LogP contribution in [0.25, 0.3) is 0 Å². The van der Waals surface area contributed by atoms with Crippen molar-refractivity contribution in [3.05, 3.63) is 0 Å². The molecule has 2 atom stereocenters. The Hall–Kier alpha value is -0.160. The monoisotopic (exact) mass is 368 g/mol. The van der Waals surface area contributed by atoms with Gasteiger partial charge in [0.15, 0.2) is 0 Å². The van der Waals surface area contributed by atoms with E-state index in [0.717, 1.165) is 25.7 Å². The van der Waals surface area contributed by atoms with Gasteiger partial charge in [-0.25, -0.2) is 0 Å². The Morgan fingerprint density at radius 3 is 1.04 bits per heavy atom. The molecule has 152 valence electrons. The minimum absolute atomic E-state index is 0.0969. The van der Waals surface area contributed by atoms with E-state index in [2.05, 4.69) is 69.2 Å². The average Bonchev–Trinajstić information content (AvgIpc) is 2.55. The van der Waals surface area contributed by atoms with Gasteiger partial charge in [-0.15, -0.1) is 0 Å². The summed E-state index contributed by atoms with van der Waals surface area (Å²) in [7, 11) is 0. The Morgan fingerprint density at radius 1 is 0.500 bits per heavy atom. The van der Waals surface area contributed by atoms with E-state index < -0.39 is 11.6 Å². The first-order valence-corrected chi connectivity index (χ1v) is 10.4. The van der Waals surface area contributed by atoms with Crippen LogP contribution in [0.5, 0.6) is 0 Å². The third-order valence-electron chi connectivity index (χ3n) is 8.74. The second-order valence-corrected chi connectivity index (χ2v) is 11.9. The van der Waals surface area contributed by atoms with Crippen LogP contribution < -0.4 is 0 Å². The molecule has 0 aromatic carbocycles. The Bertz CT molecular complexity index is 502. The average molecular weight is 369 g/mol. The molecule has 2 aliphatic carbocycles.